The maximum atomic E-state index is 4.87. The quantitative estimate of drug-likeness (QED) is 0.632. The molecular weight excluding hydrogens is 264 g/mol. The van der Waals surface area contributed by atoms with Gasteiger partial charge < -0.3 is 19.6 Å². The summed E-state index contributed by atoms with van der Waals surface area (Å²) in [6.07, 6.45) is -0.0207. The minimum atomic E-state index is -0.0104. The number of rotatable bonds is 0. The molecule has 106 valence electrons. The van der Waals surface area contributed by atoms with Gasteiger partial charge in [0.2, 0.25) is 23.3 Å². The van der Waals surface area contributed by atoms with Gasteiger partial charge in [-0.05, 0) is 20.6 Å². The highest BCUT2D eigenvalue weighted by Gasteiger charge is 2.49. The molecule has 0 fully saturated rings. The van der Waals surface area contributed by atoms with Crippen molar-refractivity contribution < 1.29 is 9.26 Å². The van der Waals surface area contributed by atoms with E-state index in [4.69, 9.17) is 9.26 Å². The van der Waals surface area contributed by atoms with Crippen LogP contribution >= 0.6 is 0 Å². The second kappa shape index (κ2) is 3.52. The predicted octanol–water partition coefficient (Wildman–Crippen LogP) is -0.423. The Morgan fingerprint density at radius 1 is 0.600 bits per heavy atom. The van der Waals surface area contributed by atoms with Crippen LogP contribution in [0.3, 0.4) is 0 Å². The number of hydrogen-bond acceptors (Lipinski definition) is 10. The molecule has 0 radical (unpaired) electrons. The average molecular weight is 278 g/mol. The van der Waals surface area contributed by atoms with Crippen molar-refractivity contribution in [2.75, 3.05) is 47.8 Å². The second-order valence-corrected chi connectivity index (χ2v) is 5.09. The predicted molar refractivity (Wildman–Crippen MR) is 69.8 cm³/mol. The lowest BCUT2D eigenvalue weighted by molar-refractivity contribution is 0.307. The number of anilines is 4. The molecule has 0 atom stereocenters. The van der Waals surface area contributed by atoms with Gasteiger partial charge in [0.05, 0.1) is 0 Å². The third-order valence-electron chi connectivity index (χ3n) is 4.10. The molecule has 4 rings (SSSR count). The zero-order valence-corrected chi connectivity index (χ0v) is 11.5. The Labute approximate surface area is 114 Å². The maximum Gasteiger partial charge on any atom is 0.219 e. The number of hydrogen-bond donors (Lipinski definition) is 0. The highest BCUT2D eigenvalue weighted by molar-refractivity contribution is 5.74. The van der Waals surface area contributed by atoms with Gasteiger partial charge in [-0.3, -0.25) is 0 Å². The summed E-state index contributed by atoms with van der Waals surface area (Å²) in [5.74, 6) is 2.81. The monoisotopic (exact) mass is 278 g/mol. The number of fused-ring (bicyclic) bond motifs is 3. The van der Waals surface area contributed by atoms with E-state index in [0.29, 0.717) is 23.3 Å². The fraction of sp³-hybridized carbons (Fsp3) is 0.600. The Balaban J connectivity index is 1.89. The Bertz CT molecular complexity index is 548. The van der Waals surface area contributed by atoms with E-state index < -0.39 is 0 Å². The van der Waals surface area contributed by atoms with Crippen molar-refractivity contribution in [3.05, 3.63) is 0 Å². The summed E-state index contributed by atoms with van der Waals surface area (Å²) in [4.78, 5) is 8.07. The number of nitrogens with zero attached hydrogens (tertiary/aromatic N) is 8. The van der Waals surface area contributed by atoms with Gasteiger partial charge in [-0.15, -0.1) is 0 Å². The largest absolute Gasteiger partial charge is 0.330 e. The molecule has 0 amide bonds. The van der Waals surface area contributed by atoms with Crippen LogP contribution in [0.5, 0.6) is 0 Å². The summed E-state index contributed by atoms with van der Waals surface area (Å²) in [7, 11) is 7.82. The van der Waals surface area contributed by atoms with Gasteiger partial charge in [0, 0.05) is 28.2 Å². The van der Waals surface area contributed by atoms with Gasteiger partial charge in [0.1, 0.15) is 12.3 Å². The van der Waals surface area contributed by atoms with Crippen LogP contribution in [0.15, 0.2) is 9.26 Å². The fourth-order valence-corrected chi connectivity index (χ4v) is 3.07. The van der Waals surface area contributed by atoms with Gasteiger partial charge >= 0.3 is 0 Å². The molecule has 2 aliphatic heterocycles. The van der Waals surface area contributed by atoms with Crippen molar-refractivity contribution in [1.82, 2.24) is 20.6 Å². The van der Waals surface area contributed by atoms with E-state index in [2.05, 4.69) is 20.6 Å². The summed E-state index contributed by atoms with van der Waals surface area (Å²) < 4.78 is 9.75. The van der Waals surface area contributed by atoms with Crippen molar-refractivity contribution in [1.29, 1.82) is 0 Å². The summed E-state index contributed by atoms with van der Waals surface area (Å²) in [6, 6.07) is 0. The van der Waals surface area contributed by atoms with Crippen LogP contribution in [0.2, 0.25) is 0 Å². The molecule has 0 bridgehead atoms. The van der Waals surface area contributed by atoms with Crippen LogP contribution in [0.4, 0.5) is 23.3 Å². The molecule has 2 aromatic rings. The van der Waals surface area contributed by atoms with Crippen molar-refractivity contribution in [2.24, 2.45) is 0 Å². The first-order valence-electron chi connectivity index (χ1n) is 6.17. The standard InChI is InChI=1S/C10H14N8O2/c1-15-5-6(12-19-11-5)17(3)10-9(15)16(2)7-8(18(10)4)14-20-13-7/h9-10H,1-4H3. The molecule has 0 unspecified atom stereocenters. The first-order chi connectivity index (χ1) is 9.61. The van der Waals surface area contributed by atoms with Gasteiger partial charge in [0.15, 0.2) is 0 Å². The van der Waals surface area contributed by atoms with Crippen LogP contribution in [-0.4, -0.2) is 61.1 Å². The molecule has 2 aromatic heterocycles. The van der Waals surface area contributed by atoms with Crippen molar-refractivity contribution in [3.63, 3.8) is 0 Å². The zero-order chi connectivity index (χ0) is 14.0. The molecule has 0 saturated heterocycles. The maximum absolute atomic E-state index is 4.87. The lowest BCUT2D eigenvalue weighted by Crippen LogP contribution is -2.69. The minimum absolute atomic E-state index is 0.0104. The third-order valence-corrected chi connectivity index (χ3v) is 4.10. The molecular formula is C10H14N8O2. The summed E-state index contributed by atoms with van der Waals surface area (Å²) in [5.41, 5.74) is 0. The molecule has 4 heterocycles. The molecule has 20 heavy (non-hydrogen) atoms. The molecule has 10 heteroatoms. The number of aromatic nitrogens is 4. The van der Waals surface area contributed by atoms with E-state index in [1.807, 2.05) is 47.8 Å². The van der Waals surface area contributed by atoms with Crippen LogP contribution < -0.4 is 19.6 Å². The third kappa shape index (κ3) is 1.13. The minimum Gasteiger partial charge on any atom is -0.330 e. The summed E-state index contributed by atoms with van der Waals surface area (Å²) in [5, 5.41) is 15.9. The molecule has 0 spiro atoms. The Morgan fingerprint density at radius 2 is 0.850 bits per heavy atom. The van der Waals surface area contributed by atoms with Gasteiger partial charge in [-0.25, -0.2) is 9.26 Å². The molecule has 0 saturated carbocycles. The Hall–Kier alpha value is -2.52. The molecule has 0 aliphatic carbocycles. The van der Waals surface area contributed by atoms with Crippen LogP contribution in [0.1, 0.15) is 0 Å². The van der Waals surface area contributed by atoms with Crippen LogP contribution in [0, 0.1) is 0 Å². The first kappa shape index (κ1) is 11.3. The lowest BCUT2D eigenvalue weighted by atomic mass is 10.1. The zero-order valence-electron chi connectivity index (χ0n) is 11.5. The summed E-state index contributed by atoms with van der Waals surface area (Å²) >= 11 is 0. The van der Waals surface area contributed by atoms with Gasteiger partial charge in [-0.1, -0.05) is 0 Å². The van der Waals surface area contributed by atoms with E-state index in [9.17, 15) is 0 Å². The SMILES string of the molecule is CN1c2nonc2N(C)C2C1N(C)c1nonc1N2C. The van der Waals surface area contributed by atoms with Crippen molar-refractivity contribution >= 4 is 23.3 Å². The average Bonchev–Trinajstić information content (AvgIpc) is 3.08. The van der Waals surface area contributed by atoms with Crippen molar-refractivity contribution in [3.8, 4) is 0 Å². The van der Waals surface area contributed by atoms with Gasteiger partial charge in [0.25, 0.3) is 0 Å². The lowest BCUT2D eigenvalue weighted by Gasteiger charge is -2.52. The highest BCUT2D eigenvalue weighted by Crippen LogP contribution is 2.42. The van der Waals surface area contributed by atoms with Crippen molar-refractivity contribution in [2.45, 2.75) is 12.3 Å². The van der Waals surface area contributed by atoms with E-state index >= 15 is 0 Å². The Morgan fingerprint density at radius 3 is 1.10 bits per heavy atom. The van der Waals surface area contributed by atoms with E-state index in [1.165, 1.54) is 0 Å². The van der Waals surface area contributed by atoms with E-state index in [1.54, 1.807) is 0 Å². The number of likely N-dealkylation sites (N-methyl/N-ethyl adjacent to an activating group) is 4. The topological polar surface area (TPSA) is 90.8 Å². The smallest absolute Gasteiger partial charge is 0.219 e. The van der Waals surface area contributed by atoms with Gasteiger partial charge in [-0.2, -0.15) is 0 Å². The van der Waals surface area contributed by atoms with Crippen LogP contribution in [0.25, 0.3) is 0 Å². The Kier molecular flexibility index (Phi) is 1.99. The molecule has 2 aliphatic rings. The normalized spacial score (nSPS) is 24.6. The summed E-state index contributed by atoms with van der Waals surface area (Å²) in [6.45, 7) is 0. The molecule has 0 aromatic carbocycles. The van der Waals surface area contributed by atoms with Crippen LogP contribution in [-0.2, 0) is 0 Å². The van der Waals surface area contributed by atoms with E-state index in [-0.39, 0.29) is 12.3 Å². The molecule has 0 N–H and O–H groups in total. The molecule has 10 nitrogen and oxygen atoms in total. The second-order valence-electron chi connectivity index (χ2n) is 5.09. The van der Waals surface area contributed by atoms with E-state index in [0.717, 1.165) is 0 Å². The highest BCUT2D eigenvalue weighted by atomic mass is 16.6. The fourth-order valence-electron chi connectivity index (χ4n) is 3.07. The first-order valence-corrected chi connectivity index (χ1v) is 6.17.